The Labute approximate surface area is 144 Å². The zero-order chi connectivity index (χ0) is 17.5. The van der Waals surface area contributed by atoms with Crippen LogP contribution in [0, 0.1) is 13.8 Å². The lowest BCUT2D eigenvalue weighted by Crippen LogP contribution is -2.12. The number of aryl methyl sites for hydroxylation is 2. The lowest BCUT2D eigenvalue weighted by molar-refractivity contribution is 0.102. The van der Waals surface area contributed by atoms with Crippen molar-refractivity contribution in [3.63, 3.8) is 0 Å². The van der Waals surface area contributed by atoms with Gasteiger partial charge in [0.25, 0.3) is 5.91 Å². The lowest BCUT2D eigenvalue weighted by atomic mass is 10.1. The molecule has 1 N–H and O–H groups in total. The Hall–Kier alpha value is -2.25. The van der Waals surface area contributed by atoms with Crippen molar-refractivity contribution in [2.24, 2.45) is 0 Å². The van der Waals surface area contributed by atoms with Crippen LogP contribution in [-0.4, -0.2) is 25.6 Å². The molecule has 2 aromatic carbocycles. The first-order valence-electron chi connectivity index (χ1n) is 7.24. The molecule has 0 aliphatic rings. The van der Waals surface area contributed by atoms with Gasteiger partial charge in [0.15, 0.2) is 15.0 Å². The quantitative estimate of drug-likeness (QED) is 0.775. The highest BCUT2D eigenvalue weighted by atomic mass is 32.2. The maximum absolute atomic E-state index is 12.4. The van der Waals surface area contributed by atoms with Crippen LogP contribution in [0.15, 0.2) is 41.3 Å². The summed E-state index contributed by atoms with van der Waals surface area (Å²) < 4.78 is 24.3. The molecule has 1 amide bonds. The molecule has 0 aliphatic heterocycles. The summed E-state index contributed by atoms with van der Waals surface area (Å²) in [6.07, 6.45) is 1.11. The summed E-state index contributed by atoms with van der Waals surface area (Å²) in [5, 5.41) is 3.25. The normalized spacial score (nSPS) is 11.6. The van der Waals surface area contributed by atoms with Gasteiger partial charge in [-0.1, -0.05) is 29.5 Å². The summed E-state index contributed by atoms with van der Waals surface area (Å²) in [4.78, 5) is 17.0. The highest BCUT2D eigenvalue weighted by Crippen LogP contribution is 2.31. The van der Waals surface area contributed by atoms with Gasteiger partial charge >= 0.3 is 0 Å². The SMILES string of the molecule is Cc1ccc(C)c2sc(NC(=O)c3cccc(S(C)(=O)=O)c3)nc12. The Balaban J connectivity index is 1.93. The highest BCUT2D eigenvalue weighted by Gasteiger charge is 2.14. The van der Waals surface area contributed by atoms with E-state index in [2.05, 4.69) is 10.3 Å². The van der Waals surface area contributed by atoms with Gasteiger partial charge < -0.3 is 0 Å². The third-order valence-electron chi connectivity index (χ3n) is 3.69. The van der Waals surface area contributed by atoms with Gasteiger partial charge in [-0.05, 0) is 43.2 Å². The minimum Gasteiger partial charge on any atom is -0.298 e. The van der Waals surface area contributed by atoms with Crippen molar-refractivity contribution < 1.29 is 13.2 Å². The van der Waals surface area contributed by atoms with Crippen LogP contribution in [-0.2, 0) is 9.84 Å². The van der Waals surface area contributed by atoms with E-state index in [4.69, 9.17) is 0 Å². The fourth-order valence-corrected chi connectivity index (χ4v) is 4.02. The predicted octanol–water partition coefficient (Wildman–Crippen LogP) is 3.57. The van der Waals surface area contributed by atoms with Crippen molar-refractivity contribution in [2.75, 3.05) is 11.6 Å². The fraction of sp³-hybridized carbons (Fsp3) is 0.176. The van der Waals surface area contributed by atoms with E-state index in [-0.39, 0.29) is 16.4 Å². The Morgan fingerprint density at radius 3 is 2.50 bits per heavy atom. The van der Waals surface area contributed by atoms with Gasteiger partial charge in [-0.15, -0.1) is 0 Å². The monoisotopic (exact) mass is 360 g/mol. The van der Waals surface area contributed by atoms with Gasteiger partial charge in [0.2, 0.25) is 0 Å². The number of carbonyl (C=O) groups excluding carboxylic acids is 1. The van der Waals surface area contributed by atoms with Gasteiger partial charge in [-0.2, -0.15) is 0 Å². The zero-order valence-corrected chi connectivity index (χ0v) is 15.1. The molecular weight excluding hydrogens is 344 g/mol. The molecular formula is C17H16N2O3S2. The van der Waals surface area contributed by atoms with E-state index in [1.165, 1.54) is 23.5 Å². The van der Waals surface area contributed by atoms with Crippen molar-refractivity contribution in [3.8, 4) is 0 Å². The largest absolute Gasteiger partial charge is 0.298 e. The first-order chi connectivity index (χ1) is 11.3. The molecule has 124 valence electrons. The third kappa shape index (κ3) is 3.18. The van der Waals surface area contributed by atoms with Gasteiger partial charge in [0.1, 0.15) is 0 Å². The van der Waals surface area contributed by atoms with Crippen molar-refractivity contribution in [1.82, 2.24) is 4.98 Å². The molecule has 5 nitrogen and oxygen atoms in total. The smallest absolute Gasteiger partial charge is 0.257 e. The molecule has 0 bridgehead atoms. The van der Waals surface area contributed by atoms with Crippen LogP contribution < -0.4 is 5.32 Å². The van der Waals surface area contributed by atoms with Crippen LogP contribution in [0.2, 0.25) is 0 Å². The van der Waals surface area contributed by atoms with Crippen molar-refractivity contribution in [3.05, 3.63) is 53.1 Å². The number of amides is 1. The molecule has 1 heterocycles. The number of hydrogen-bond acceptors (Lipinski definition) is 5. The minimum absolute atomic E-state index is 0.117. The third-order valence-corrected chi connectivity index (χ3v) is 5.90. The Kier molecular flexibility index (Phi) is 4.15. The summed E-state index contributed by atoms with van der Waals surface area (Å²) in [7, 11) is -3.36. The molecule has 0 saturated carbocycles. The number of nitrogens with zero attached hydrogens (tertiary/aromatic N) is 1. The van der Waals surface area contributed by atoms with Crippen molar-refractivity contribution in [1.29, 1.82) is 0 Å². The molecule has 0 saturated heterocycles. The van der Waals surface area contributed by atoms with E-state index >= 15 is 0 Å². The van der Waals surface area contributed by atoms with Crippen LogP contribution in [0.1, 0.15) is 21.5 Å². The number of nitrogens with one attached hydrogen (secondary N) is 1. The number of aromatic nitrogens is 1. The maximum atomic E-state index is 12.4. The maximum Gasteiger partial charge on any atom is 0.257 e. The second-order valence-corrected chi connectivity index (χ2v) is 8.67. The Morgan fingerprint density at radius 1 is 1.12 bits per heavy atom. The topological polar surface area (TPSA) is 76.1 Å². The molecule has 1 aromatic heterocycles. The second-order valence-electron chi connectivity index (χ2n) is 5.65. The van der Waals surface area contributed by atoms with E-state index < -0.39 is 9.84 Å². The number of benzene rings is 2. The van der Waals surface area contributed by atoms with Crippen molar-refractivity contribution in [2.45, 2.75) is 18.7 Å². The van der Waals surface area contributed by atoms with Gasteiger partial charge in [0, 0.05) is 11.8 Å². The molecule has 24 heavy (non-hydrogen) atoms. The van der Waals surface area contributed by atoms with E-state index in [1.54, 1.807) is 12.1 Å². The van der Waals surface area contributed by atoms with Crippen LogP contribution in [0.5, 0.6) is 0 Å². The molecule has 7 heteroatoms. The van der Waals surface area contributed by atoms with Crippen LogP contribution >= 0.6 is 11.3 Å². The van der Waals surface area contributed by atoms with Gasteiger partial charge in [0.05, 0.1) is 15.1 Å². The predicted molar refractivity (Wildman–Crippen MR) is 96.6 cm³/mol. The zero-order valence-electron chi connectivity index (χ0n) is 13.5. The molecule has 0 atom stereocenters. The fourth-order valence-electron chi connectivity index (χ4n) is 2.35. The van der Waals surface area contributed by atoms with E-state index in [0.29, 0.717) is 5.13 Å². The molecule has 0 aliphatic carbocycles. The van der Waals surface area contributed by atoms with E-state index in [0.717, 1.165) is 27.6 Å². The summed E-state index contributed by atoms with van der Waals surface area (Å²) in [5.74, 6) is -0.380. The molecule has 0 unspecified atom stereocenters. The average molecular weight is 360 g/mol. The summed E-state index contributed by atoms with van der Waals surface area (Å²) in [6.45, 7) is 3.98. The Morgan fingerprint density at radius 2 is 1.83 bits per heavy atom. The average Bonchev–Trinajstić information content (AvgIpc) is 2.95. The summed E-state index contributed by atoms with van der Waals surface area (Å²) in [6, 6.07) is 9.99. The summed E-state index contributed by atoms with van der Waals surface area (Å²) >= 11 is 1.41. The van der Waals surface area contributed by atoms with E-state index in [9.17, 15) is 13.2 Å². The number of rotatable bonds is 3. The van der Waals surface area contributed by atoms with Crippen molar-refractivity contribution >= 4 is 42.4 Å². The molecule has 3 aromatic rings. The first kappa shape index (κ1) is 16.6. The molecule has 3 rings (SSSR count). The van der Waals surface area contributed by atoms with E-state index in [1.807, 2.05) is 26.0 Å². The Bertz CT molecular complexity index is 1010. The van der Waals surface area contributed by atoms with Gasteiger partial charge in [-0.25, -0.2) is 13.4 Å². The van der Waals surface area contributed by atoms with Crippen LogP contribution in [0.25, 0.3) is 10.2 Å². The minimum atomic E-state index is -3.36. The number of sulfone groups is 1. The highest BCUT2D eigenvalue weighted by molar-refractivity contribution is 7.90. The number of carbonyl (C=O) groups is 1. The number of hydrogen-bond donors (Lipinski definition) is 1. The lowest BCUT2D eigenvalue weighted by Gasteiger charge is -2.03. The van der Waals surface area contributed by atoms with Crippen LogP contribution in [0.4, 0.5) is 5.13 Å². The summed E-state index contributed by atoms with van der Waals surface area (Å²) in [5.41, 5.74) is 3.31. The molecule has 0 spiro atoms. The number of fused-ring (bicyclic) bond motifs is 1. The molecule has 0 radical (unpaired) electrons. The molecule has 0 fully saturated rings. The van der Waals surface area contributed by atoms with Gasteiger partial charge in [-0.3, -0.25) is 10.1 Å². The number of anilines is 1. The standard InChI is InChI=1S/C17H16N2O3S2/c1-10-7-8-11(2)15-14(10)18-17(23-15)19-16(20)12-5-4-6-13(9-12)24(3,21)22/h4-9H,1-3H3,(H,18,19,20). The van der Waals surface area contributed by atoms with Crippen LogP contribution in [0.3, 0.4) is 0 Å². The number of thiazole rings is 1. The first-order valence-corrected chi connectivity index (χ1v) is 9.95. The second kappa shape index (κ2) is 5.99.